The average molecular weight is 334 g/mol. The molecule has 4 rings (SSSR count). The fourth-order valence-corrected chi connectivity index (χ4v) is 2.95. The number of rotatable bonds is 3. The molecule has 0 atom stereocenters. The predicted molar refractivity (Wildman–Crippen MR) is 93.3 cm³/mol. The topological polar surface area (TPSA) is 52.8 Å². The molecule has 4 aromatic rings. The van der Waals surface area contributed by atoms with Crippen molar-refractivity contribution < 1.29 is 9.13 Å². The number of pyridine rings is 2. The van der Waals surface area contributed by atoms with Crippen LogP contribution in [0.2, 0.25) is 0 Å². The number of benzene rings is 1. The molecule has 6 heteroatoms. The van der Waals surface area contributed by atoms with E-state index in [-0.39, 0.29) is 5.75 Å². The first-order valence-corrected chi connectivity index (χ1v) is 7.77. The Hall–Kier alpha value is -3.28. The molecular formula is C19H15FN4O. The second-order valence-electron chi connectivity index (χ2n) is 5.63. The van der Waals surface area contributed by atoms with Crippen LogP contribution in [0.3, 0.4) is 0 Å². The Kier molecular flexibility index (Phi) is 3.65. The molecule has 0 aliphatic carbocycles. The smallest absolute Gasteiger partial charge is 0.180 e. The second-order valence-corrected chi connectivity index (χ2v) is 5.63. The summed E-state index contributed by atoms with van der Waals surface area (Å²) in [7, 11) is 1.44. The number of hydrogen-bond acceptors (Lipinski definition) is 4. The summed E-state index contributed by atoms with van der Waals surface area (Å²) in [5, 5.41) is 5.28. The van der Waals surface area contributed by atoms with Crippen molar-refractivity contribution in [2.24, 2.45) is 0 Å². The molecule has 3 aromatic heterocycles. The SMILES string of the molecule is COc1c(F)cccc1-n1ncc2c(-c3cnccc3C)ccnc21. The quantitative estimate of drug-likeness (QED) is 0.569. The van der Waals surface area contributed by atoms with Gasteiger partial charge in [0.25, 0.3) is 0 Å². The maximum atomic E-state index is 14.0. The van der Waals surface area contributed by atoms with E-state index in [9.17, 15) is 4.39 Å². The Balaban J connectivity index is 1.98. The number of fused-ring (bicyclic) bond motifs is 1. The summed E-state index contributed by atoms with van der Waals surface area (Å²) in [6, 6.07) is 8.61. The summed E-state index contributed by atoms with van der Waals surface area (Å²) < 4.78 is 20.8. The van der Waals surface area contributed by atoms with E-state index >= 15 is 0 Å². The molecule has 124 valence electrons. The van der Waals surface area contributed by atoms with Gasteiger partial charge in [-0.05, 0) is 42.3 Å². The molecule has 3 heterocycles. The summed E-state index contributed by atoms with van der Waals surface area (Å²) in [6.07, 6.45) is 7.03. The largest absolute Gasteiger partial charge is 0.492 e. The minimum absolute atomic E-state index is 0.136. The highest BCUT2D eigenvalue weighted by atomic mass is 19.1. The van der Waals surface area contributed by atoms with Crippen LogP contribution in [0, 0.1) is 12.7 Å². The van der Waals surface area contributed by atoms with E-state index in [0.717, 1.165) is 22.1 Å². The van der Waals surface area contributed by atoms with Gasteiger partial charge < -0.3 is 4.74 Å². The molecule has 0 bridgehead atoms. The van der Waals surface area contributed by atoms with Gasteiger partial charge >= 0.3 is 0 Å². The number of halogens is 1. The van der Waals surface area contributed by atoms with Crippen LogP contribution in [0.1, 0.15) is 5.56 Å². The summed E-state index contributed by atoms with van der Waals surface area (Å²) in [4.78, 5) is 8.66. The molecule has 25 heavy (non-hydrogen) atoms. The van der Waals surface area contributed by atoms with Crippen LogP contribution in [0.4, 0.5) is 4.39 Å². The van der Waals surface area contributed by atoms with Crippen molar-refractivity contribution in [1.29, 1.82) is 0 Å². The maximum absolute atomic E-state index is 14.0. The zero-order valence-corrected chi connectivity index (χ0v) is 13.8. The number of aromatic nitrogens is 4. The van der Waals surface area contributed by atoms with Gasteiger partial charge in [0.05, 0.1) is 13.3 Å². The third kappa shape index (κ3) is 2.42. The maximum Gasteiger partial charge on any atom is 0.180 e. The van der Waals surface area contributed by atoms with Gasteiger partial charge in [0, 0.05) is 29.5 Å². The van der Waals surface area contributed by atoms with Crippen molar-refractivity contribution >= 4 is 11.0 Å². The van der Waals surface area contributed by atoms with Crippen LogP contribution < -0.4 is 4.74 Å². The van der Waals surface area contributed by atoms with Crippen molar-refractivity contribution in [3.8, 4) is 22.6 Å². The predicted octanol–water partition coefficient (Wildman–Crippen LogP) is 3.94. The molecule has 0 saturated carbocycles. The van der Waals surface area contributed by atoms with Crippen LogP contribution >= 0.6 is 0 Å². The lowest BCUT2D eigenvalue weighted by atomic mass is 10.0. The van der Waals surface area contributed by atoms with Crippen LogP contribution in [-0.2, 0) is 0 Å². The first kappa shape index (κ1) is 15.3. The van der Waals surface area contributed by atoms with E-state index in [2.05, 4.69) is 15.1 Å². The molecule has 0 spiro atoms. The number of nitrogens with zero attached hydrogens (tertiary/aromatic N) is 4. The molecule has 0 amide bonds. The highest BCUT2D eigenvalue weighted by Crippen LogP contribution is 2.32. The average Bonchev–Trinajstić information content (AvgIpc) is 3.06. The molecule has 0 N–H and O–H groups in total. The molecule has 1 aromatic carbocycles. The Morgan fingerprint density at radius 2 is 1.92 bits per heavy atom. The summed E-state index contributed by atoms with van der Waals surface area (Å²) in [5.74, 6) is -0.305. The molecule has 0 aliphatic rings. The molecule has 0 saturated heterocycles. The number of aryl methyl sites for hydroxylation is 1. The number of hydrogen-bond donors (Lipinski definition) is 0. The van der Waals surface area contributed by atoms with Crippen molar-refractivity contribution in [2.45, 2.75) is 6.92 Å². The van der Waals surface area contributed by atoms with Crippen molar-refractivity contribution in [2.75, 3.05) is 7.11 Å². The van der Waals surface area contributed by atoms with Gasteiger partial charge in [-0.15, -0.1) is 0 Å². The number of methoxy groups -OCH3 is 1. The van der Waals surface area contributed by atoms with Crippen LogP contribution in [0.15, 0.2) is 55.1 Å². The second kappa shape index (κ2) is 5.98. The minimum atomic E-state index is -0.442. The fraction of sp³-hybridized carbons (Fsp3) is 0.105. The molecule has 0 fully saturated rings. The lowest BCUT2D eigenvalue weighted by Crippen LogP contribution is -2.02. The Labute approximate surface area is 143 Å². The van der Waals surface area contributed by atoms with E-state index in [1.807, 2.05) is 25.3 Å². The molecule has 0 aliphatic heterocycles. The standard InChI is InChI=1S/C19H15FN4O/c1-12-6-8-21-10-14(12)13-7-9-22-19-15(13)11-23-24(19)17-5-3-4-16(20)18(17)25-2/h3-11H,1-2H3. The third-order valence-electron chi connectivity index (χ3n) is 4.18. The monoisotopic (exact) mass is 334 g/mol. The van der Waals surface area contributed by atoms with Crippen LogP contribution in [0.5, 0.6) is 5.75 Å². The summed E-state index contributed by atoms with van der Waals surface area (Å²) in [5.41, 5.74) is 4.24. The van der Waals surface area contributed by atoms with Crippen molar-refractivity contribution in [3.63, 3.8) is 0 Å². The minimum Gasteiger partial charge on any atom is -0.492 e. The highest BCUT2D eigenvalue weighted by molar-refractivity contribution is 5.93. The zero-order chi connectivity index (χ0) is 17.4. The fourth-order valence-electron chi connectivity index (χ4n) is 2.95. The van der Waals surface area contributed by atoms with Crippen molar-refractivity contribution in [3.05, 3.63) is 66.5 Å². The van der Waals surface area contributed by atoms with Crippen LogP contribution in [0.25, 0.3) is 27.8 Å². The highest BCUT2D eigenvalue weighted by Gasteiger charge is 2.17. The summed E-state index contributed by atoms with van der Waals surface area (Å²) in [6.45, 7) is 2.03. The first-order valence-electron chi connectivity index (χ1n) is 7.77. The van der Waals surface area contributed by atoms with Gasteiger partial charge in [0.15, 0.2) is 17.2 Å². The Morgan fingerprint density at radius 1 is 1.04 bits per heavy atom. The number of ether oxygens (including phenoxy) is 1. The Bertz CT molecular complexity index is 1070. The van der Waals surface area contributed by atoms with E-state index in [4.69, 9.17) is 4.74 Å². The molecule has 0 radical (unpaired) electrons. The lowest BCUT2D eigenvalue weighted by Gasteiger charge is -2.10. The van der Waals surface area contributed by atoms with E-state index in [1.54, 1.807) is 35.4 Å². The number of para-hydroxylation sites is 1. The zero-order valence-electron chi connectivity index (χ0n) is 13.8. The van der Waals surface area contributed by atoms with Gasteiger partial charge in [0.2, 0.25) is 0 Å². The van der Waals surface area contributed by atoms with Gasteiger partial charge in [-0.1, -0.05) is 6.07 Å². The van der Waals surface area contributed by atoms with Gasteiger partial charge in [-0.3, -0.25) is 4.98 Å². The van der Waals surface area contributed by atoms with Gasteiger partial charge in [-0.2, -0.15) is 5.10 Å². The first-order chi connectivity index (χ1) is 12.2. The third-order valence-corrected chi connectivity index (χ3v) is 4.18. The Morgan fingerprint density at radius 3 is 2.72 bits per heavy atom. The van der Waals surface area contributed by atoms with Crippen molar-refractivity contribution in [1.82, 2.24) is 19.7 Å². The van der Waals surface area contributed by atoms with E-state index in [1.165, 1.54) is 13.2 Å². The van der Waals surface area contributed by atoms with E-state index in [0.29, 0.717) is 11.3 Å². The van der Waals surface area contributed by atoms with Gasteiger partial charge in [0.1, 0.15) is 5.69 Å². The van der Waals surface area contributed by atoms with Crippen LogP contribution in [-0.4, -0.2) is 26.9 Å². The normalized spacial score (nSPS) is 11.0. The molecule has 0 unspecified atom stereocenters. The van der Waals surface area contributed by atoms with E-state index < -0.39 is 5.82 Å². The summed E-state index contributed by atoms with van der Waals surface area (Å²) >= 11 is 0. The molecule has 5 nitrogen and oxygen atoms in total. The molecular weight excluding hydrogens is 319 g/mol. The lowest BCUT2D eigenvalue weighted by molar-refractivity contribution is 0.384. The van der Waals surface area contributed by atoms with Gasteiger partial charge in [-0.25, -0.2) is 14.1 Å².